The molecular weight excluding hydrogens is 409 g/mol. The fourth-order valence-electron chi connectivity index (χ4n) is 4.72. The van der Waals surface area contributed by atoms with Crippen LogP contribution < -0.4 is 0 Å². The molecule has 0 amide bonds. The number of nitrogens with zero attached hydrogens (tertiary/aromatic N) is 1. The summed E-state index contributed by atoms with van der Waals surface area (Å²) in [5.41, 5.74) is 4.94. The first kappa shape index (κ1) is 21.7. The maximum absolute atomic E-state index is 12.5. The first-order valence-electron chi connectivity index (χ1n) is 10.8. The van der Waals surface area contributed by atoms with E-state index < -0.39 is 15.1 Å². The third-order valence-corrected chi connectivity index (χ3v) is 10.4. The lowest BCUT2D eigenvalue weighted by atomic mass is 9.75. The maximum atomic E-state index is 12.5. The highest BCUT2D eigenvalue weighted by Gasteiger charge is 2.51. The molecule has 2 aliphatic rings. The minimum atomic E-state index is -3.23. The molecule has 2 aromatic rings. The molecule has 1 saturated carbocycles. The molecule has 4 rings (SSSR count). The summed E-state index contributed by atoms with van der Waals surface area (Å²) in [6, 6.07) is 10.1. The van der Waals surface area contributed by atoms with E-state index in [0.29, 0.717) is 16.4 Å². The van der Waals surface area contributed by atoms with Gasteiger partial charge in [0.1, 0.15) is 4.21 Å². The molecule has 1 aromatic heterocycles. The van der Waals surface area contributed by atoms with Crippen molar-refractivity contribution in [1.29, 1.82) is 0 Å². The predicted molar refractivity (Wildman–Crippen MR) is 127 cm³/mol. The summed E-state index contributed by atoms with van der Waals surface area (Å²) in [6.07, 6.45) is 5.16. The first-order chi connectivity index (χ1) is 14.1. The molecule has 1 atom stereocenters. The molecule has 1 unspecified atom stereocenters. The third kappa shape index (κ3) is 3.89. The highest BCUT2D eigenvalue weighted by atomic mass is 32.2. The Morgan fingerprint density at radius 1 is 1.30 bits per heavy atom. The molecule has 2 radical (unpaired) electrons. The summed E-state index contributed by atoms with van der Waals surface area (Å²) in [6.45, 7) is 11.1. The van der Waals surface area contributed by atoms with Crippen LogP contribution in [0, 0.1) is 6.92 Å². The molecule has 6 heteroatoms. The molecule has 0 bridgehead atoms. The SMILES string of the molecule is [B]C1CCN(C(=C)c2c(C)cccc2Cc2ccc(S(=O)(=O)C(C)C)s2)C2(CC2)C1. The number of aryl methyl sites for hydroxylation is 1. The van der Waals surface area contributed by atoms with E-state index in [9.17, 15) is 8.42 Å². The Hall–Kier alpha value is -1.53. The quantitative estimate of drug-likeness (QED) is 0.567. The Bertz CT molecular complexity index is 1070. The number of sulfone groups is 1. The zero-order chi connectivity index (χ0) is 21.7. The van der Waals surface area contributed by atoms with Crippen LogP contribution in [-0.4, -0.2) is 38.5 Å². The van der Waals surface area contributed by atoms with Gasteiger partial charge in [-0.05, 0) is 69.7 Å². The Morgan fingerprint density at radius 3 is 2.70 bits per heavy atom. The van der Waals surface area contributed by atoms with Gasteiger partial charge in [0, 0.05) is 34.6 Å². The van der Waals surface area contributed by atoms with Gasteiger partial charge in [0.2, 0.25) is 0 Å². The molecule has 2 fully saturated rings. The number of hydrogen-bond donors (Lipinski definition) is 0. The summed E-state index contributed by atoms with van der Waals surface area (Å²) < 4.78 is 25.5. The maximum Gasteiger partial charge on any atom is 0.190 e. The Kier molecular flexibility index (Phi) is 5.69. The van der Waals surface area contributed by atoms with Gasteiger partial charge in [-0.2, -0.15) is 0 Å². The molecule has 2 heterocycles. The largest absolute Gasteiger partial charge is 0.366 e. The van der Waals surface area contributed by atoms with Crippen molar-refractivity contribution in [1.82, 2.24) is 4.90 Å². The summed E-state index contributed by atoms with van der Waals surface area (Å²) in [5, 5.41) is -0.404. The molecule has 1 aromatic carbocycles. The summed E-state index contributed by atoms with van der Waals surface area (Å²) in [4.78, 5) is 3.57. The minimum absolute atomic E-state index is 0.204. The van der Waals surface area contributed by atoms with Crippen LogP contribution in [0.15, 0.2) is 41.1 Å². The van der Waals surface area contributed by atoms with Crippen LogP contribution in [0.5, 0.6) is 0 Å². The Labute approximate surface area is 186 Å². The fraction of sp³-hybridized carbons (Fsp3) is 0.500. The van der Waals surface area contributed by atoms with E-state index in [1.807, 2.05) is 6.07 Å². The Balaban J connectivity index is 1.63. The molecule has 158 valence electrons. The van der Waals surface area contributed by atoms with Gasteiger partial charge in [0.05, 0.1) is 13.1 Å². The van der Waals surface area contributed by atoms with Gasteiger partial charge in [0.15, 0.2) is 9.84 Å². The first-order valence-corrected chi connectivity index (χ1v) is 13.1. The standard InChI is InChI=1S/C24H30BNO2S2/c1-16(2)30(27,28)22-9-8-21(29-22)14-19-7-5-6-17(3)23(19)18(4)26-13-10-20(25)15-24(26)11-12-24/h5-9,16,20H,4,10-15H2,1-3H3. The Morgan fingerprint density at radius 2 is 2.03 bits per heavy atom. The zero-order valence-electron chi connectivity index (χ0n) is 18.1. The van der Waals surface area contributed by atoms with Crippen LogP contribution in [0.3, 0.4) is 0 Å². The van der Waals surface area contributed by atoms with Crippen molar-refractivity contribution in [3.05, 3.63) is 58.5 Å². The second kappa shape index (κ2) is 7.87. The van der Waals surface area contributed by atoms with Gasteiger partial charge in [-0.15, -0.1) is 11.3 Å². The van der Waals surface area contributed by atoms with Crippen molar-refractivity contribution in [3.63, 3.8) is 0 Å². The number of rotatable bonds is 6. The van der Waals surface area contributed by atoms with Gasteiger partial charge in [0.25, 0.3) is 0 Å². The molecule has 1 aliphatic heterocycles. The molecule has 1 spiro atoms. The smallest absolute Gasteiger partial charge is 0.190 e. The van der Waals surface area contributed by atoms with Crippen LogP contribution in [0.4, 0.5) is 0 Å². The van der Waals surface area contributed by atoms with E-state index in [1.54, 1.807) is 19.9 Å². The fourth-order valence-corrected chi connectivity index (χ4v) is 7.57. The van der Waals surface area contributed by atoms with Gasteiger partial charge in [-0.3, -0.25) is 0 Å². The summed E-state index contributed by atoms with van der Waals surface area (Å²) in [5.74, 6) is 0.292. The third-order valence-electron chi connectivity index (χ3n) is 6.64. The van der Waals surface area contributed by atoms with Gasteiger partial charge in [-0.1, -0.05) is 30.6 Å². The van der Waals surface area contributed by atoms with Gasteiger partial charge >= 0.3 is 0 Å². The lowest BCUT2D eigenvalue weighted by Crippen LogP contribution is -2.42. The second-order valence-corrected chi connectivity index (χ2v) is 13.1. The van der Waals surface area contributed by atoms with Crippen LogP contribution >= 0.6 is 11.3 Å². The van der Waals surface area contributed by atoms with E-state index in [1.165, 1.54) is 40.9 Å². The summed E-state index contributed by atoms with van der Waals surface area (Å²) >= 11 is 1.39. The molecule has 0 N–H and O–H groups in total. The minimum Gasteiger partial charge on any atom is -0.366 e. The van der Waals surface area contributed by atoms with Crippen LogP contribution in [0.1, 0.15) is 61.1 Å². The number of likely N-dealkylation sites (tertiary alicyclic amines) is 1. The second-order valence-electron chi connectivity index (χ2n) is 9.18. The van der Waals surface area contributed by atoms with Gasteiger partial charge < -0.3 is 4.90 Å². The van der Waals surface area contributed by atoms with E-state index in [4.69, 9.17) is 7.85 Å². The van der Waals surface area contributed by atoms with Crippen LogP contribution in [0.25, 0.3) is 5.70 Å². The predicted octanol–water partition coefficient (Wildman–Crippen LogP) is 5.39. The monoisotopic (exact) mass is 439 g/mol. The highest BCUT2D eigenvalue weighted by Crippen LogP contribution is 2.53. The highest BCUT2D eigenvalue weighted by molar-refractivity contribution is 7.94. The van der Waals surface area contributed by atoms with E-state index in [2.05, 4.69) is 36.6 Å². The van der Waals surface area contributed by atoms with Crippen molar-refractivity contribution < 1.29 is 8.42 Å². The average Bonchev–Trinajstić information content (AvgIpc) is 3.25. The molecule has 1 aliphatic carbocycles. The van der Waals surface area contributed by atoms with Gasteiger partial charge in [-0.25, -0.2) is 8.42 Å². The molecular formula is C24H30BNO2S2. The normalized spacial score (nSPS) is 20.7. The number of thiophene rings is 1. The van der Waals surface area contributed by atoms with Crippen molar-refractivity contribution in [2.24, 2.45) is 0 Å². The molecule has 3 nitrogen and oxygen atoms in total. The van der Waals surface area contributed by atoms with Crippen molar-refractivity contribution in [2.45, 2.75) is 73.7 Å². The zero-order valence-corrected chi connectivity index (χ0v) is 19.8. The lowest BCUT2D eigenvalue weighted by molar-refractivity contribution is 0.208. The summed E-state index contributed by atoms with van der Waals surface area (Å²) in [7, 11) is 3.04. The topological polar surface area (TPSA) is 37.4 Å². The van der Waals surface area contributed by atoms with Crippen molar-refractivity contribution in [3.8, 4) is 0 Å². The molecule has 30 heavy (non-hydrogen) atoms. The lowest BCUT2D eigenvalue weighted by Gasteiger charge is -2.43. The van der Waals surface area contributed by atoms with Crippen molar-refractivity contribution >= 4 is 34.7 Å². The van der Waals surface area contributed by atoms with Crippen LogP contribution in [0.2, 0.25) is 5.82 Å². The number of benzene rings is 1. The van der Waals surface area contributed by atoms with E-state index in [0.717, 1.165) is 30.0 Å². The number of hydrogen-bond acceptors (Lipinski definition) is 4. The number of piperidine rings is 1. The van der Waals surface area contributed by atoms with E-state index in [-0.39, 0.29) is 5.54 Å². The molecule has 1 saturated heterocycles. The van der Waals surface area contributed by atoms with E-state index >= 15 is 0 Å². The van der Waals surface area contributed by atoms with Crippen molar-refractivity contribution in [2.75, 3.05) is 6.54 Å². The van der Waals surface area contributed by atoms with Crippen LogP contribution in [-0.2, 0) is 16.3 Å². The average molecular weight is 439 g/mol.